The van der Waals surface area contributed by atoms with E-state index in [0.29, 0.717) is 31.9 Å². The highest BCUT2D eigenvalue weighted by atomic mass is 16.5. The molecule has 144 valence electrons. The van der Waals surface area contributed by atoms with Crippen molar-refractivity contribution in [3.63, 3.8) is 0 Å². The van der Waals surface area contributed by atoms with Gasteiger partial charge in [0.05, 0.1) is 7.11 Å². The first kappa shape index (κ1) is 17.8. The van der Waals surface area contributed by atoms with Gasteiger partial charge in [0.1, 0.15) is 23.7 Å². The standard InChI is InChI=1S/C20H22N6O2/c1-28-17-6-4-5-16(13-17)23-20(27)26-11-9-25(10-12-26)19-14-18(21-15-22-19)24-7-2-3-8-24/h2-8,13-15H,9-12H2,1H3,(H,23,27). The van der Waals surface area contributed by atoms with Crippen LogP contribution in [0.15, 0.2) is 61.2 Å². The van der Waals surface area contributed by atoms with Gasteiger partial charge in [0.25, 0.3) is 0 Å². The van der Waals surface area contributed by atoms with Gasteiger partial charge in [-0.3, -0.25) is 0 Å². The first-order valence-electron chi connectivity index (χ1n) is 9.13. The molecule has 1 aliphatic rings. The third-order valence-electron chi connectivity index (χ3n) is 4.72. The van der Waals surface area contributed by atoms with Crippen LogP contribution in [-0.2, 0) is 0 Å². The van der Waals surface area contributed by atoms with E-state index in [9.17, 15) is 4.79 Å². The second-order valence-corrected chi connectivity index (χ2v) is 6.46. The summed E-state index contributed by atoms with van der Waals surface area (Å²) in [6, 6.07) is 13.1. The fraction of sp³-hybridized carbons (Fsp3) is 0.250. The largest absolute Gasteiger partial charge is 0.497 e. The zero-order chi connectivity index (χ0) is 19.3. The Labute approximate surface area is 163 Å². The molecule has 1 saturated heterocycles. The van der Waals surface area contributed by atoms with Gasteiger partial charge >= 0.3 is 6.03 Å². The van der Waals surface area contributed by atoms with Crippen LogP contribution in [0.2, 0.25) is 0 Å². The molecule has 0 saturated carbocycles. The van der Waals surface area contributed by atoms with Crippen LogP contribution in [0.3, 0.4) is 0 Å². The molecule has 8 heteroatoms. The summed E-state index contributed by atoms with van der Waals surface area (Å²) in [6.07, 6.45) is 5.48. The lowest BCUT2D eigenvalue weighted by molar-refractivity contribution is 0.208. The Kier molecular flexibility index (Phi) is 5.09. The number of anilines is 2. The molecule has 2 aromatic heterocycles. The molecule has 0 spiro atoms. The minimum Gasteiger partial charge on any atom is -0.497 e. The molecule has 28 heavy (non-hydrogen) atoms. The average Bonchev–Trinajstić information content (AvgIpc) is 3.29. The van der Waals surface area contributed by atoms with Crippen molar-refractivity contribution in [1.82, 2.24) is 19.4 Å². The van der Waals surface area contributed by atoms with Crippen molar-refractivity contribution in [2.24, 2.45) is 0 Å². The maximum atomic E-state index is 12.5. The van der Waals surface area contributed by atoms with Gasteiger partial charge < -0.3 is 24.4 Å². The molecular weight excluding hydrogens is 356 g/mol. The molecule has 4 rings (SSSR count). The molecule has 0 atom stereocenters. The predicted octanol–water partition coefficient (Wildman–Crippen LogP) is 2.63. The van der Waals surface area contributed by atoms with Gasteiger partial charge in [-0.1, -0.05) is 6.07 Å². The van der Waals surface area contributed by atoms with Gasteiger partial charge in [0.2, 0.25) is 0 Å². The lowest BCUT2D eigenvalue weighted by Gasteiger charge is -2.35. The van der Waals surface area contributed by atoms with Gasteiger partial charge in [0.15, 0.2) is 0 Å². The van der Waals surface area contributed by atoms with Crippen molar-refractivity contribution < 1.29 is 9.53 Å². The Morgan fingerprint density at radius 1 is 1.00 bits per heavy atom. The first-order valence-corrected chi connectivity index (χ1v) is 9.13. The zero-order valence-electron chi connectivity index (χ0n) is 15.7. The molecule has 1 fully saturated rings. The summed E-state index contributed by atoms with van der Waals surface area (Å²) < 4.78 is 7.14. The van der Waals surface area contributed by atoms with Crippen molar-refractivity contribution in [3.05, 3.63) is 61.2 Å². The number of benzene rings is 1. The van der Waals surface area contributed by atoms with E-state index in [2.05, 4.69) is 20.2 Å². The summed E-state index contributed by atoms with van der Waals surface area (Å²) in [5.41, 5.74) is 0.721. The van der Waals surface area contributed by atoms with Crippen LogP contribution >= 0.6 is 0 Å². The number of urea groups is 1. The molecule has 8 nitrogen and oxygen atoms in total. The Hall–Kier alpha value is -3.55. The molecule has 1 aromatic carbocycles. The molecule has 0 radical (unpaired) electrons. The van der Waals surface area contributed by atoms with Crippen molar-refractivity contribution in [1.29, 1.82) is 0 Å². The quantitative estimate of drug-likeness (QED) is 0.755. The summed E-state index contributed by atoms with van der Waals surface area (Å²) in [5, 5.41) is 2.93. The maximum absolute atomic E-state index is 12.5. The van der Waals surface area contributed by atoms with Crippen LogP contribution in [0.25, 0.3) is 5.82 Å². The smallest absolute Gasteiger partial charge is 0.321 e. The lowest BCUT2D eigenvalue weighted by Crippen LogP contribution is -2.50. The third kappa shape index (κ3) is 3.90. The van der Waals surface area contributed by atoms with Crippen molar-refractivity contribution in [2.45, 2.75) is 0 Å². The van der Waals surface area contributed by atoms with Gasteiger partial charge in [0, 0.05) is 56.4 Å². The Bertz CT molecular complexity index is 935. The number of amides is 2. The van der Waals surface area contributed by atoms with Crippen molar-refractivity contribution in [2.75, 3.05) is 43.5 Å². The highest BCUT2D eigenvalue weighted by Crippen LogP contribution is 2.19. The second kappa shape index (κ2) is 7.99. The Morgan fingerprint density at radius 2 is 1.75 bits per heavy atom. The van der Waals surface area contributed by atoms with E-state index in [1.165, 1.54) is 0 Å². The number of nitrogens with one attached hydrogen (secondary N) is 1. The van der Waals surface area contributed by atoms with Crippen molar-refractivity contribution in [3.8, 4) is 11.6 Å². The highest BCUT2D eigenvalue weighted by molar-refractivity contribution is 5.89. The predicted molar refractivity (Wildman–Crippen MR) is 107 cm³/mol. The summed E-state index contributed by atoms with van der Waals surface area (Å²) in [7, 11) is 1.61. The fourth-order valence-corrected chi connectivity index (χ4v) is 3.18. The number of ether oxygens (including phenoxy) is 1. The molecule has 0 unspecified atom stereocenters. The van der Waals surface area contributed by atoms with E-state index in [0.717, 1.165) is 17.3 Å². The minimum absolute atomic E-state index is 0.108. The van der Waals surface area contributed by atoms with Crippen LogP contribution in [-0.4, -0.2) is 58.8 Å². The molecule has 3 aromatic rings. The molecule has 2 amide bonds. The number of hydrogen-bond donors (Lipinski definition) is 1. The van der Waals surface area contributed by atoms with E-state index in [4.69, 9.17) is 4.74 Å². The van der Waals surface area contributed by atoms with E-state index in [-0.39, 0.29) is 6.03 Å². The highest BCUT2D eigenvalue weighted by Gasteiger charge is 2.22. The number of nitrogens with zero attached hydrogens (tertiary/aromatic N) is 5. The van der Waals surface area contributed by atoms with E-state index < -0.39 is 0 Å². The molecule has 1 N–H and O–H groups in total. The van der Waals surface area contributed by atoms with Crippen molar-refractivity contribution >= 4 is 17.5 Å². The van der Waals surface area contributed by atoms with Crippen LogP contribution < -0.4 is 15.0 Å². The van der Waals surface area contributed by atoms with Gasteiger partial charge in [-0.2, -0.15) is 0 Å². The first-order chi connectivity index (χ1) is 13.7. The zero-order valence-corrected chi connectivity index (χ0v) is 15.7. The summed E-state index contributed by atoms with van der Waals surface area (Å²) in [6.45, 7) is 2.68. The SMILES string of the molecule is COc1cccc(NC(=O)N2CCN(c3cc(-n4cccc4)ncn3)CC2)c1. The van der Waals surface area contributed by atoms with E-state index >= 15 is 0 Å². The summed E-state index contributed by atoms with van der Waals surface area (Å²) in [5.74, 6) is 2.41. The number of hydrogen-bond acceptors (Lipinski definition) is 5. The molecule has 3 heterocycles. The second-order valence-electron chi connectivity index (χ2n) is 6.46. The fourth-order valence-electron chi connectivity index (χ4n) is 3.18. The van der Waals surface area contributed by atoms with Crippen LogP contribution in [0.4, 0.5) is 16.3 Å². The molecule has 0 aliphatic carbocycles. The Balaban J connectivity index is 1.37. The molecule has 0 bridgehead atoms. The topological polar surface area (TPSA) is 75.5 Å². The van der Waals surface area contributed by atoms with Crippen LogP contribution in [0.5, 0.6) is 5.75 Å². The minimum atomic E-state index is -0.108. The lowest BCUT2D eigenvalue weighted by atomic mass is 10.3. The summed E-state index contributed by atoms with van der Waals surface area (Å²) in [4.78, 5) is 25.2. The number of carbonyl (C=O) groups is 1. The Morgan fingerprint density at radius 3 is 2.50 bits per heavy atom. The average molecular weight is 378 g/mol. The number of piperazine rings is 1. The third-order valence-corrected chi connectivity index (χ3v) is 4.72. The molecular formula is C20H22N6O2. The van der Waals surface area contributed by atoms with Crippen LogP contribution in [0.1, 0.15) is 0 Å². The monoisotopic (exact) mass is 378 g/mol. The van der Waals surface area contributed by atoms with E-state index in [1.807, 2.05) is 58.3 Å². The van der Waals surface area contributed by atoms with Gasteiger partial charge in [-0.25, -0.2) is 14.8 Å². The van der Waals surface area contributed by atoms with Gasteiger partial charge in [-0.15, -0.1) is 0 Å². The van der Waals surface area contributed by atoms with Crippen LogP contribution in [0, 0.1) is 0 Å². The number of carbonyl (C=O) groups excluding carboxylic acids is 1. The number of methoxy groups -OCH3 is 1. The van der Waals surface area contributed by atoms with E-state index in [1.54, 1.807) is 19.5 Å². The maximum Gasteiger partial charge on any atom is 0.321 e. The normalized spacial score (nSPS) is 14.0. The number of rotatable bonds is 4. The van der Waals surface area contributed by atoms with Gasteiger partial charge in [-0.05, 0) is 24.3 Å². The summed E-state index contributed by atoms with van der Waals surface area (Å²) >= 11 is 0. The number of aromatic nitrogens is 3. The molecule has 1 aliphatic heterocycles.